The van der Waals surface area contributed by atoms with Gasteiger partial charge in [0.1, 0.15) is 4.47 Å². The van der Waals surface area contributed by atoms with Gasteiger partial charge in [0.15, 0.2) is 0 Å². The van der Waals surface area contributed by atoms with Crippen molar-refractivity contribution in [2.75, 3.05) is 11.9 Å². The fourth-order valence-corrected chi connectivity index (χ4v) is 3.03. The molecule has 0 aliphatic heterocycles. The molecule has 0 bridgehead atoms. The molecule has 2 rings (SSSR count). The number of anilines is 1. The molecule has 0 saturated heterocycles. The fraction of sp³-hybridized carbons (Fsp3) is 0.692. The minimum absolute atomic E-state index is 0.0910. The third kappa shape index (κ3) is 3.57. The van der Waals surface area contributed by atoms with E-state index in [1.165, 1.54) is 17.5 Å². The topological polar surface area (TPSA) is 67.2 Å². The molecule has 0 spiro atoms. The van der Waals surface area contributed by atoms with Crippen molar-refractivity contribution < 1.29 is 5.11 Å². The second kappa shape index (κ2) is 6.52. The number of nitrogens with zero attached hydrogens (tertiary/aromatic N) is 2. The van der Waals surface area contributed by atoms with Gasteiger partial charge in [-0.3, -0.25) is 4.79 Å². The van der Waals surface area contributed by atoms with Crippen LogP contribution in [-0.2, 0) is 6.54 Å². The van der Waals surface area contributed by atoms with E-state index in [-0.39, 0.29) is 18.7 Å². The zero-order chi connectivity index (χ0) is 13.8. The Hall–Kier alpha value is -0.880. The lowest BCUT2D eigenvalue weighted by atomic mass is 9.87. The Labute approximate surface area is 121 Å². The van der Waals surface area contributed by atoms with Crippen molar-refractivity contribution in [1.82, 2.24) is 9.78 Å². The maximum atomic E-state index is 12.0. The van der Waals surface area contributed by atoms with Crippen molar-refractivity contribution in [2.24, 2.45) is 5.92 Å². The Morgan fingerprint density at radius 1 is 1.58 bits per heavy atom. The van der Waals surface area contributed by atoms with E-state index in [1.54, 1.807) is 6.20 Å². The molecule has 5 nitrogen and oxygen atoms in total. The van der Waals surface area contributed by atoms with Gasteiger partial charge in [-0.1, -0.05) is 19.8 Å². The summed E-state index contributed by atoms with van der Waals surface area (Å²) in [6.07, 6.45) is 6.43. The monoisotopic (exact) mass is 329 g/mol. The van der Waals surface area contributed by atoms with Gasteiger partial charge in [-0.15, -0.1) is 0 Å². The molecular formula is C13H20BrN3O2. The third-order valence-corrected chi connectivity index (χ3v) is 4.36. The zero-order valence-corrected chi connectivity index (χ0v) is 12.7. The van der Waals surface area contributed by atoms with Crippen molar-refractivity contribution in [3.63, 3.8) is 0 Å². The summed E-state index contributed by atoms with van der Waals surface area (Å²) in [7, 11) is 0. The van der Waals surface area contributed by atoms with Gasteiger partial charge in [0.05, 0.1) is 25.0 Å². The Morgan fingerprint density at radius 2 is 2.37 bits per heavy atom. The molecule has 1 aliphatic carbocycles. The zero-order valence-electron chi connectivity index (χ0n) is 11.1. The van der Waals surface area contributed by atoms with Crippen molar-refractivity contribution in [2.45, 2.75) is 45.2 Å². The summed E-state index contributed by atoms with van der Waals surface area (Å²) in [6, 6.07) is 0.412. The molecule has 2 unspecified atom stereocenters. The summed E-state index contributed by atoms with van der Waals surface area (Å²) < 4.78 is 1.76. The maximum Gasteiger partial charge on any atom is 0.283 e. The Bertz CT molecular complexity index is 489. The van der Waals surface area contributed by atoms with Gasteiger partial charge in [-0.2, -0.15) is 5.10 Å². The summed E-state index contributed by atoms with van der Waals surface area (Å²) in [5.41, 5.74) is 0.543. The lowest BCUT2D eigenvalue weighted by Gasteiger charge is -2.28. The van der Waals surface area contributed by atoms with E-state index >= 15 is 0 Å². The van der Waals surface area contributed by atoms with E-state index in [9.17, 15) is 4.79 Å². The van der Waals surface area contributed by atoms with Gasteiger partial charge in [0.25, 0.3) is 5.56 Å². The Kier molecular flexibility index (Phi) is 4.99. The van der Waals surface area contributed by atoms with Gasteiger partial charge < -0.3 is 10.4 Å². The van der Waals surface area contributed by atoms with E-state index < -0.39 is 0 Å². The van der Waals surface area contributed by atoms with E-state index in [2.05, 4.69) is 33.3 Å². The van der Waals surface area contributed by atoms with Gasteiger partial charge >= 0.3 is 0 Å². The van der Waals surface area contributed by atoms with Gasteiger partial charge in [0, 0.05) is 6.04 Å². The highest BCUT2D eigenvalue weighted by atomic mass is 79.9. The number of aliphatic hydroxyl groups is 1. The molecule has 2 N–H and O–H groups in total. The van der Waals surface area contributed by atoms with E-state index in [4.69, 9.17) is 5.11 Å². The maximum absolute atomic E-state index is 12.0. The molecular weight excluding hydrogens is 310 g/mol. The van der Waals surface area contributed by atoms with Crippen molar-refractivity contribution in [3.05, 3.63) is 21.0 Å². The van der Waals surface area contributed by atoms with E-state index in [1.807, 2.05) is 0 Å². The number of hydrogen-bond acceptors (Lipinski definition) is 4. The van der Waals surface area contributed by atoms with Crippen LogP contribution in [0, 0.1) is 5.92 Å². The van der Waals surface area contributed by atoms with E-state index in [0.717, 1.165) is 24.4 Å². The molecule has 0 amide bonds. The van der Waals surface area contributed by atoms with Crippen molar-refractivity contribution in [3.8, 4) is 0 Å². The number of hydrogen-bond donors (Lipinski definition) is 2. The highest BCUT2D eigenvalue weighted by Crippen LogP contribution is 2.27. The van der Waals surface area contributed by atoms with Crippen LogP contribution in [0.4, 0.5) is 5.69 Å². The van der Waals surface area contributed by atoms with Crippen LogP contribution in [0.3, 0.4) is 0 Å². The highest BCUT2D eigenvalue weighted by Gasteiger charge is 2.20. The molecule has 1 aromatic heterocycles. The smallest absolute Gasteiger partial charge is 0.283 e. The average molecular weight is 330 g/mol. The third-order valence-electron chi connectivity index (χ3n) is 3.59. The molecule has 106 valence electrons. The van der Waals surface area contributed by atoms with Crippen LogP contribution in [0.5, 0.6) is 0 Å². The quantitative estimate of drug-likeness (QED) is 0.886. The summed E-state index contributed by atoms with van der Waals surface area (Å²) in [5.74, 6) is 0.729. The number of nitrogens with one attached hydrogen (secondary N) is 1. The summed E-state index contributed by atoms with van der Waals surface area (Å²) in [5, 5.41) is 16.3. The SMILES string of the molecule is CC1CCCC(Nc2cnn(CCO)c(=O)c2Br)C1. The van der Waals surface area contributed by atoms with Crippen LogP contribution in [-0.4, -0.2) is 27.5 Å². The molecule has 1 aliphatic rings. The summed E-state index contributed by atoms with van der Waals surface area (Å²) in [4.78, 5) is 12.0. The highest BCUT2D eigenvalue weighted by molar-refractivity contribution is 9.10. The molecule has 1 fully saturated rings. The molecule has 19 heavy (non-hydrogen) atoms. The molecule has 1 saturated carbocycles. The summed E-state index contributed by atoms with van der Waals surface area (Å²) >= 11 is 3.33. The minimum atomic E-state index is -0.206. The predicted octanol–water partition coefficient (Wildman–Crippen LogP) is 1.99. The van der Waals surface area contributed by atoms with E-state index in [0.29, 0.717) is 10.5 Å². The second-order valence-electron chi connectivity index (χ2n) is 5.24. The lowest BCUT2D eigenvalue weighted by molar-refractivity contribution is 0.266. The average Bonchev–Trinajstić information content (AvgIpc) is 2.39. The van der Waals surface area contributed by atoms with Gasteiger partial charge in [-0.05, 0) is 34.7 Å². The van der Waals surface area contributed by atoms with Crippen LogP contribution in [0.1, 0.15) is 32.6 Å². The number of halogens is 1. The largest absolute Gasteiger partial charge is 0.394 e. The molecule has 2 atom stereocenters. The molecule has 1 aromatic rings. The first-order valence-corrected chi connectivity index (χ1v) is 7.54. The molecule has 0 radical (unpaired) electrons. The molecule has 6 heteroatoms. The predicted molar refractivity (Wildman–Crippen MR) is 78.3 cm³/mol. The first-order chi connectivity index (χ1) is 9.11. The van der Waals surface area contributed by atoms with Crippen LogP contribution in [0.2, 0.25) is 0 Å². The Balaban J connectivity index is 2.12. The Morgan fingerprint density at radius 3 is 3.05 bits per heavy atom. The number of aromatic nitrogens is 2. The summed E-state index contributed by atoms with van der Waals surface area (Å²) in [6.45, 7) is 2.39. The lowest BCUT2D eigenvalue weighted by Crippen LogP contribution is -2.30. The van der Waals surface area contributed by atoms with Gasteiger partial charge in [-0.25, -0.2) is 4.68 Å². The van der Waals surface area contributed by atoms with Crippen LogP contribution in [0.15, 0.2) is 15.5 Å². The standard InChI is InChI=1S/C13H20BrN3O2/c1-9-3-2-4-10(7-9)16-11-8-15-17(5-6-18)13(19)12(11)14/h8-10,16,18H,2-7H2,1H3. The fourth-order valence-electron chi connectivity index (χ4n) is 2.60. The van der Waals surface area contributed by atoms with Gasteiger partial charge in [0.2, 0.25) is 0 Å². The molecule has 0 aromatic carbocycles. The first kappa shape index (κ1) is 14.5. The van der Waals surface area contributed by atoms with Crippen LogP contribution < -0.4 is 10.9 Å². The molecule has 1 heterocycles. The second-order valence-corrected chi connectivity index (χ2v) is 6.03. The van der Waals surface area contributed by atoms with Crippen LogP contribution in [0.25, 0.3) is 0 Å². The minimum Gasteiger partial charge on any atom is -0.394 e. The number of aliphatic hydroxyl groups excluding tert-OH is 1. The van der Waals surface area contributed by atoms with Crippen molar-refractivity contribution in [1.29, 1.82) is 0 Å². The first-order valence-electron chi connectivity index (χ1n) is 6.75. The van der Waals surface area contributed by atoms with Crippen molar-refractivity contribution >= 4 is 21.6 Å². The van der Waals surface area contributed by atoms with Crippen LogP contribution >= 0.6 is 15.9 Å². The normalized spacial score (nSPS) is 23.3. The number of rotatable bonds is 4.